The molecule has 0 radical (unpaired) electrons. The number of carbonyl (C=O) groups excluding carboxylic acids is 1. The molecular weight excluding hydrogens is 348 g/mol. The SMILES string of the molecule is CC[Si](CC)(CC)OC(C)(C)C#Cc1ccccc1C(=O)c1ccccc1. The van der Waals surface area contributed by atoms with Crippen molar-refractivity contribution < 1.29 is 9.22 Å². The molecule has 0 bridgehead atoms. The number of hydrogen-bond acceptors (Lipinski definition) is 2. The standard InChI is InChI=1S/C24H30O2Si/c1-6-27(7-2,8-3)26-24(4,5)19-18-20-14-12-13-17-22(20)23(25)21-15-10-9-11-16-21/h9-17H,6-8H2,1-5H3. The molecule has 2 aromatic rings. The Morgan fingerprint density at radius 1 is 0.926 bits per heavy atom. The van der Waals surface area contributed by atoms with E-state index in [4.69, 9.17) is 4.43 Å². The zero-order chi connectivity index (χ0) is 19.9. The summed E-state index contributed by atoms with van der Waals surface area (Å²) in [6, 6.07) is 20.2. The molecule has 2 aromatic carbocycles. The third-order valence-corrected chi connectivity index (χ3v) is 9.92. The maximum atomic E-state index is 12.9. The Balaban J connectivity index is 2.33. The van der Waals surface area contributed by atoms with Crippen LogP contribution in [0.15, 0.2) is 54.6 Å². The van der Waals surface area contributed by atoms with E-state index in [2.05, 4.69) is 32.6 Å². The molecule has 0 aliphatic rings. The number of benzene rings is 2. The third-order valence-electron chi connectivity index (χ3n) is 5.11. The summed E-state index contributed by atoms with van der Waals surface area (Å²) >= 11 is 0. The quantitative estimate of drug-likeness (QED) is 0.332. The summed E-state index contributed by atoms with van der Waals surface area (Å²) in [5.41, 5.74) is 1.53. The van der Waals surface area contributed by atoms with Gasteiger partial charge in [-0.2, -0.15) is 0 Å². The molecule has 0 unspecified atom stereocenters. The first-order valence-corrected chi connectivity index (χ1v) is 12.3. The van der Waals surface area contributed by atoms with Crippen LogP contribution >= 0.6 is 0 Å². The smallest absolute Gasteiger partial charge is 0.194 e. The van der Waals surface area contributed by atoms with Crippen molar-refractivity contribution in [1.29, 1.82) is 0 Å². The second-order valence-corrected chi connectivity index (χ2v) is 12.0. The molecular formula is C24H30O2Si. The van der Waals surface area contributed by atoms with Crippen molar-refractivity contribution in [3.8, 4) is 11.8 Å². The third kappa shape index (κ3) is 5.41. The van der Waals surface area contributed by atoms with Gasteiger partial charge in [0.2, 0.25) is 0 Å². The van der Waals surface area contributed by atoms with E-state index >= 15 is 0 Å². The van der Waals surface area contributed by atoms with Crippen molar-refractivity contribution >= 4 is 14.1 Å². The second-order valence-electron chi connectivity index (χ2n) is 7.35. The van der Waals surface area contributed by atoms with Crippen LogP contribution in [-0.2, 0) is 4.43 Å². The lowest BCUT2D eigenvalue weighted by Crippen LogP contribution is -2.43. The largest absolute Gasteiger partial charge is 0.401 e. The predicted octanol–water partition coefficient (Wildman–Crippen LogP) is 6.07. The van der Waals surface area contributed by atoms with Crippen molar-refractivity contribution in [2.24, 2.45) is 0 Å². The van der Waals surface area contributed by atoms with Crippen LogP contribution in [-0.4, -0.2) is 19.7 Å². The van der Waals surface area contributed by atoms with Gasteiger partial charge in [0.05, 0.1) is 0 Å². The Bertz CT molecular complexity index is 816. The predicted molar refractivity (Wildman–Crippen MR) is 116 cm³/mol. The Kier molecular flexibility index (Phi) is 7.18. The first-order valence-electron chi connectivity index (χ1n) is 9.78. The van der Waals surface area contributed by atoms with Gasteiger partial charge in [-0.05, 0) is 44.1 Å². The second kappa shape index (κ2) is 9.17. The lowest BCUT2D eigenvalue weighted by molar-refractivity contribution is 0.103. The molecule has 0 N–H and O–H groups in total. The molecule has 0 amide bonds. The minimum Gasteiger partial charge on any atom is -0.401 e. The summed E-state index contributed by atoms with van der Waals surface area (Å²) < 4.78 is 6.56. The monoisotopic (exact) mass is 378 g/mol. The van der Waals surface area contributed by atoms with E-state index in [0.29, 0.717) is 11.1 Å². The maximum Gasteiger partial charge on any atom is 0.194 e. The Hall–Kier alpha value is -2.15. The Morgan fingerprint density at radius 3 is 2.07 bits per heavy atom. The van der Waals surface area contributed by atoms with Crippen molar-refractivity contribution in [3.63, 3.8) is 0 Å². The highest BCUT2D eigenvalue weighted by Crippen LogP contribution is 2.27. The number of ketones is 1. The Labute approximate surface area is 165 Å². The van der Waals surface area contributed by atoms with Crippen molar-refractivity contribution in [2.75, 3.05) is 0 Å². The van der Waals surface area contributed by atoms with Crippen molar-refractivity contribution in [1.82, 2.24) is 0 Å². The van der Waals surface area contributed by atoms with Gasteiger partial charge < -0.3 is 4.43 Å². The average Bonchev–Trinajstić information content (AvgIpc) is 2.71. The van der Waals surface area contributed by atoms with Crippen LogP contribution in [0.5, 0.6) is 0 Å². The van der Waals surface area contributed by atoms with E-state index in [1.807, 2.05) is 68.4 Å². The summed E-state index contributed by atoms with van der Waals surface area (Å²) in [5, 5.41) is 0. The molecule has 142 valence electrons. The van der Waals surface area contributed by atoms with Crippen LogP contribution in [0.2, 0.25) is 18.1 Å². The normalized spacial score (nSPS) is 11.6. The fourth-order valence-corrected chi connectivity index (χ4v) is 6.35. The summed E-state index contributed by atoms with van der Waals surface area (Å²) in [5.74, 6) is 6.51. The molecule has 0 aliphatic heterocycles. The van der Waals surface area contributed by atoms with Gasteiger partial charge in [-0.25, -0.2) is 0 Å². The van der Waals surface area contributed by atoms with E-state index in [0.717, 1.165) is 23.7 Å². The molecule has 0 saturated heterocycles. The number of rotatable bonds is 7. The van der Waals surface area contributed by atoms with Gasteiger partial charge in [-0.15, -0.1) is 0 Å². The molecule has 3 heteroatoms. The highest BCUT2D eigenvalue weighted by atomic mass is 28.4. The lowest BCUT2D eigenvalue weighted by atomic mass is 9.98. The zero-order valence-electron chi connectivity index (χ0n) is 17.1. The topological polar surface area (TPSA) is 26.3 Å². The Morgan fingerprint density at radius 2 is 1.48 bits per heavy atom. The lowest BCUT2D eigenvalue weighted by Gasteiger charge is -2.35. The minimum atomic E-state index is -1.75. The van der Waals surface area contributed by atoms with Crippen LogP contribution in [0.3, 0.4) is 0 Å². The zero-order valence-corrected chi connectivity index (χ0v) is 18.1. The molecule has 0 aliphatic carbocycles. The van der Waals surface area contributed by atoms with Gasteiger partial charge in [0.25, 0.3) is 0 Å². The molecule has 0 saturated carbocycles. The van der Waals surface area contributed by atoms with Gasteiger partial charge in [0.15, 0.2) is 14.1 Å². The van der Waals surface area contributed by atoms with Crippen molar-refractivity contribution in [2.45, 2.75) is 58.4 Å². The fraction of sp³-hybridized carbons (Fsp3) is 0.375. The van der Waals surface area contributed by atoms with Crippen molar-refractivity contribution in [3.05, 3.63) is 71.3 Å². The highest BCUT2D eigenvalue weighted by molar-refractivity contribution is 6.73. The van der Waals surface area contributed by atoms with Gasteiger partial charge >= 0.3 is 0 Å². The molecule has 2 rings (SSSR count). The molecule has 0 fully saturated rings. The van der Waals surface area contributed by atoms with Crippen LogP contribution < -0.4 is 0 Å². The van der Waals surface area contributed by atoms with E-state index < -0.39 is 13.9 Å². The minimum absolute atomic E-state index is 0.00128. The van der Waals surface area contributed by atoms with Crippen LogP contribution in [0.4, 0.5) is 0 Å². The maximum absolute atomic E-state index is 12.9. The van der Waals surface area contributed by atoms with E-state index in [9.17, 15) is 4.79 Å². The molecule has 0 atom stereocenters. The van der Waals surface area contributed by atoms with Gasteiger partial charge in [-0.3, -0.25) is 4.79 Å². The number of hydrogen-bond donors (Lipinski definition) is 0. The number of carbonyl (C=O) groups is 1. The van der Waals surface area contributed by atoms with Crippen LogP contribution in [0, 0.1) is 11.8 Å². The summed E-state index contributed by atoms with van der Waals surface area (Å²) in [6.07, 6.45) is 0. The first-order chi connectivity index (χ1) is 12.9. The fourth-order valence-electron chi connectivity index (χ4n) is 3.29. The van der Waals surface area contributed by atoms with E-state index in [1.165, 1.54) is 0 Å². The van der Waals surface area contributed by atoms with Gasteiger partial charge in [0, 0.05) is 16.7 Å². The molecule has 27 heavy (non-hydrogen) atoms. The molecule has 0 aromatic heterocycles. The first kappa shape index (κ1) is 21.2. The van der Waals surface area contributed by atoms with Crippen LogP contribution in [0.1, 0.15) is 56.1 Å². The molecule has 0 spiro atoms. The summed E-state index contributed by atoms with van der Waals surface area (Å²) in [7, 11) is -1.75. The highest BCUT2D eigenvalue weighted by Gasteiger charge is 2.34. The summed E-state index contributed by atoms with van der Waals surface area (Å²) in [6.45, 7) is 10.7. The van der Waals surface area contributed by atoms with Crippen LogP contribution in [0.25, 0.3) is 0 Å². The van der Waals surface area contributed by atoms with Gasteiger partial charge in [0.1, 0.15) is 5.60 Å². The molecule has 0 heterocycles. The molecule has 2 nitrogen and oxygen atoms in total. The van der Waals surface area contributed by atoms with Gasteiger partial charge in [-0.1, -0.05) is 75.1 Å². The van der Waals surface area contributed by atoms with E-state index in [1.54, 1.807) is 0 Å². The average molecular weight is 379 g/mol. The summed E-state index contributed by atoms with van der Waals surface area (Å²) in [4.78, 5) is 12.9. The van der Waals surface area contributed by atoms with E-state index in [-0.39, 0.29) is 5.78 Å².